The van der Waals surface area contributed by atoms with Crippen LogP contribution in [0.25, 0.3) is 10.9 Å². The number of nitrogens with one attached hydrogen (secondary N) is 1. The molecule has 1 fully saturated rings. The molecule has 1 amide bonds. The van der Waals surface area contributed by atoms with Crippen LogP contribution in [0.2, 0.25) is 0 Å². The third kappa shape index (κ3) is 3.65. The number of piperazine rings is 1. The molecule has 1 atom stereocenters. The van der Waals surface area contributed by atoms with Crippen LogP contribution in [0.4, 0.5) is 11.4 Å². The molecule has 2 aliphatic rings. The monoisotopic (exact) mass is 418 g/mol. The van der Waals surface area contributed by atoms with Gasteiger partial charge in [0.1, 0.15) is 0 Å². The molecule has 160 valence electrons. The number of anilines is 1. The Morgan fingerprint density at radius 1 is 1.10 bits per heavy atom. The zero-order chi connectivity index (χ0) is 21.5. The number of hydrogen-bond donors (Lipinski definition) is 1. The summed E-state index contributed by atoms with van der Waals surface area (Å²) in [5.74, 6) is 0.752. The first-order valence-electron chi connectivity index (χ1n) is 10.9. The molecule has 0 spiro atoms. The smallest absolute Gasteiger partial charge is 0.269 e. The van der Waals surface area contributed by atoms with Gasteiger partial charge in [0.25, 0.3) is 11.6 Å². The van der Waals surface area contributed by atoms with Gasteiger partial charge in [-0.3, -0.25) is 14.9 Å². The Hall–Kier alpha value is -3.35. The van der Waals surface area contributed by atoms with Gasteiger partial charge in [-0.2, -0.15) is 0 Å². The summed E-state index contributed by atoms with van der Waals surface area (Å²) < 4.78 is 0. The Bertz CT molecular complexity index is 1140. The summed E-state index contributed by atoms with van der Waals surface area (Å²) in [4.78, 5) is 31.3. The van der Waals surface area contributed by atoms with Crippen molar-refractivity contribution in [3.8, 4) is 0 Å². The van der Waals surface area contributed by atoms with Crippen molar-refractivity contribution < 1.29 is 9.72 Å². The zero-order valence-corrected chi connectivity index (χ0v) is 17.6. The molecule has 5 rings (SSSR count). The molecular weight excluding hydrogens is 392 g/mol. The fraction of sp³-hybridized carbons (Fsp3) is 0.375. The minimum Gasteiger partial charge on any atom is -0.368 e. The molecule has 1 aliphatic carbocycles. The van der Waals surface area contributed by atoms with E-state index in [0.29, 0.717) is 32.1 Å². The molecule has 0 bridgehead atoms. The number of carbonyl (C=O) groups excluding carboxylic acids is 1. The predicted octanol–water partition coefficient (Wildman–Crippen LogP) is 4.16. The van der Waals surface area contributed by atoms with E-state index in [1.807, 2.05) is 17.0 Å². The van der Waals surface area contributed by atoms with Gasteiger partial charge in [-0.1, -0.05) is 6.92 Å². The van der Waals surface area contributed by atoms with Crippen molar-refractivity contribution >= 4 is 28.2 Å². The fourth-order valence-corrected chi connectivity index (χ4v) is 4.86. The molecule has 2 aromatic carbocycles. The number of benzene rings is 2. The van der Waals surface area contributed by atoms with Gasteiger partial charge in [-0.25, -0.2) is 0 Å². The van der Waals surface area contributed by atoms with Crippen molar-refractivity contribution in [3.05, 3.63) is 69.4 Å². The van der Waals surface area contributed by atoms with E-state index in [-0.39, 0.29) is 16.5 Å². The van der Waals surface area contributed by atoms with Crippen molar-refractivity contribution in [2.45, 2.75) is 26.2 Å². The van der Waals surface area contributed by atoms with Gasteiger partial charge in [0, 0.05) is 66.2 Å². The second kappa shape index (κ2) is 7.72. The van der Waals surface area contributed by atoms with E-state index < -0.39 is 0 Å². The molecule has 1 unspecified atom stereocenters. The lowest BCUT2D eigenvalue weighted by Crippen LogP contribution is -2.48. The first kappa shape index (κ1) is 19.6. The Morgan fingerprint density at radius 3 is 2.55 bits per heavy atom. The summed E-state index contributed by atoms with van der Waals surface area (Å²) in [6.07, 6.45) is 3.37. The number of nitro benzene ring substituents is 1. The number of carbonyl (C=O) groups is 1. The number of aryl methyl sites for hydroxylation is 1. The predicted molar refractivity (Wildman–Crippen MR) is 121 cm³/mol. The first-order valence-corrected chi connectivity index (χ1v) is 10.9. The maximum absolute atomic E-state index is 13.2. The maximum Gasteiger partial charge on any atom is 0.269 e. The Morgan fingerprint density at radius 2 is 1.84 bits per heavy atom. The second-order valence-corrected chi connectivity index (χ2v) is 8.74. The minimum absolute atomic E-state index is 0.0732. The number of H-pyrrole nitrogens is 1. The van der Waals surface area contributed by atoms with Gasteiger partial charge in [0.2, 0.25) is 0 Å². The van der Waals surface area contributed by atoms with Crippen LogP contribution in [0.15, 0.2) is 42.5 Å². The van der Waals surface area contributed by atoms with Gasteiger partial charge >= 0.3 is 0 Å². The quantitative estimate of drug-likeness (QED) is 0.511. The zero-order valence-electron chi connectivity index (χ0n) is 17.6. The standard InChI is InChI=1S/C24H26N4O3/c1-16-2-8-22-20(14-16)21-15-17(3-9-23(21)25-22)24(29)27-12-10-26(11-13-27)18-4-6-19(7-5-18)28(30)31/h3-7,9,15-16,25H,2,8,10-14H2,1H3. The average Bonchev–Trinajstić information content (AvgIpc) is 3.16. The molecule has 7 heteroatoms. The number of nitrogens with zero attached hydrogens (tertiary/aromatic N) is 3. The molecule has 1 aromatic heterocycles. The average molecular weight is 418 g/mol. The van der Waals surface area contributed by atoms with Crippen molar-refractivity contribution in [2.75, 3.05) is 31.1 Å². The van der Waals surface area contributed by atoms with Crippen LogP contribution < -0.4 is 4.90 Å². The number of aromatic nitrogens is 1. The van der Waals surface area contributed by atoms with Crippen LogP contribution in [0, 0.1) is 16.0 Å². The highest BCUT2D eigenvalue weighted by atomic mass is 16.6. The van der Waals surface area contributed by atoms with Crippen molar-refractivity contribution in [1.82, 2.24) is 9.88 Å². The van der Waals surface area contributed by atoms with E-state index >= 15 is 0 Å². The summed E-state index contributed by atoms with van der Waals surface area (Å²) in [7, 11) is 0. The summed E-state index contributed by atoms with van der Waals surface area (Å²) in [5.41, 5.74) is 5.62. The van der Waals surface area contributed by atoms with Gasteiger partial charge in [-0.05, 0) is 61.1 Å². The number of non-ortho nitro benzene ring substituents is 1. The van der Waals surface area contributed by atoms with E-state index in [1.54, 1.807) is 12.1 Å². The summed E-state index contributed by atoms with van der Waals surface area (Å²) in [5, 5.41) is 12.0. The van der Waals surface area contributed by atoms with Crippen LogP contribution >= 0.6 is 0 Å². The number of rotatable bonds is 3. The lowest BCUT2D eigenvalue weighted by atomic mass is 9.87. The topological polar surface area (TPSA) is 82.5 Å². The van der Waals surface area contributed by atoms with Crippen LogP contribution in [0.1, 0.15) is 35.0 Å². The highest BCUT2D eigenvalue weighted by Crippen LogP contribution is 2.32. The number of nitro groups is 1. The Kier molecular flexibility index (Phi) is 4.88. The summed E-state index contributed by atoms with van der Waals surface area (Å²) in [6, 6.07) is 12.6. The molecule has 0 radical (unpaired) electrons. The molecule has 1 saturated heterocycles. The van der Waals surface area contributed by atoms with Crippen molar-refractivity contribution in [2.24, 2.45) is 5.92 Å². The van der Waals surface area contributed by atoms with Gasteiger partial charge in [-0.15, -0.1) is 0 Å². The van der Waals surface area contributed by atoms with Crippen LogP contribution in [-0.2, 0) is 12.8 Å². The lowest BCUT2D eigenvalue weighted by molar-refractivity contribution is -0.384. The largest absolute Gasteiger partial charge is 0.368 e. The maximum atomic E-state index is 13.2. The normalized spacial score (nSPS) is 18.8. The Balaban J connectivity index is 1.29. The number of hydrogen-bond acceptors (Lipinski definition) is 4. The number of amides is 1. The molecule has 0 saturated carbocycles. The van der Waals surface area contributed by atoms with E-state index in [1.165, 1.54) is 35.2 Å². The van der Waals surface area contributed by atoms with Gasteiger partial charge in [0.05, 0.1) is 4.92 Å². The second-order valence-electron chi connectivity index (χ2n) is 8.74. The fourth-order valence-electron chi connectivity index (χ4n) is 4.86. The highest BCUT2D eigenvalue weighted by Gasteiger charge is 2.25. The van der Waals surface area contributed by atoms with Crippen LogP contribution in [-0.4, -0.2) is 46.9 Å². The van der Waals surface area contributed by atoms with E-state index in [4.69, 9.17) is 0 Å². The third-order valence-electron chi connectivity index (χ3n) is 6.67. The number of aromatic amines is 1. The highest BCUT2D eigenvalue weighted by molar-refractivity contribution is 5.99. The van der Waals surface area contributed by atoms with Crippen LogP contribution in [0.3, 0.4) is 0 Å². The van der Waals surface area contributed by atoms with Crippen molar-refractivity contribution in [1.29, 1.82) is 0 Å². The van der Waals surface area contributed by atoms with E-state index in [2.05, 4.69) is 22.9 Å². The van der Waals surface area contributed by atoms with Crippen molar-refractivity contribution in [3.63, 3.8) is 0 Å². The summed E-state index contributed by atoms with van der Waals surface area (Å²) in [6.45, 7) is 4.99. The molecule has 1 N–H and O–H groups in total. The van der Waals surface area contributed by atoms with Gasteiger partial charge < -0.3 is 14.8 Å². The summed E-state index contributed by atoms with van der Waals surface area (Å²) >= 11 is 0. The van der Waals surface area contributed by atoms with Gasteiger partial charge in [0.15, 0.2) is 0 Å². The molecule has 31 heavy (non-hydrogen) atoms. The molecular formula is C24H26N4O3. The molecule has 2 heterocycles. The number of fused-ring (bicyclic) bond motifs is 3. The molecule has 7 nitrogen and oxygen atoms in total. The molecule has 3 aromatic rings. The lowest BCUT2D eigenvalue weighted by Gasteiger charge is -2.36. The van der Waals surface area contributed by atoms with Crippen LogP contribution in [0.5, 0.6) is 0 Å². The minimum atomic E-state index is -0.389. The molecule has 1 aliphatic heterocycles. The van der Waals surface area contributed by atoms with E-state index in [9.17, 15) is 14.9 Å². The first-order chi connectivity index (χ1) is 15.0. The van der Waals surface area contributed by atoms with E-state index in [0.717, 1.165) is 29.6 Å². The third-order valence-corrected chi connectivity index (χ3v) is 6.67. The Labute approximate surface area is 180 Å². The SMILES string of the molecule is CC1CCc2[nH]c3ccc(C(=O)N4CCN(c5ccc([N+](=O)[O-])cc5)CC4)cc3c2C1.